The lowest BCUT2D eigenvalue weighted by Crippen LogP contribution is -2.39. The van der Waals surface area contributed by atoms with Crippen LogP contribution in [0.3, 0.4) is 0 Å². The van der Waals surface area contributed by atoms with Crippen molar-refractivity contribution in [1.82, 2.24) is 10.1 Å². The van der Waals surface area contributed by atoms with Crippen LogP contribution < -0.4 is 5.32 Å². The maximum absolute atomic E-state index is 12.1. The molecule has 0 aliphatic heterocycles. The van der Waals surface area contributed by atoms with Crippen molar-refractivity contribution >= 4 is 11.7 Å². The van der Waals surface area contributed by atoms with Crippen LogP contribution in [-0.4, -0.2) is 29.1 Å². The summed E-state index contributed by atoms with van der Waals surface area (Å²) >= 11 is 0. The van der Waals surface area contributed by atoms with Crippen LogP contribution in [0, 0.1) is 6.92 Å². The van der Waals surface area contributed by atoms with E-state index in [1.165, 1.54) is 5.56 Å². The Morgan fingerprint density at radius 3 is 2.70 bits per heavy atom. The number of nitrogens with one attached hydrogen (secondary N) is 1. The van der Waals surface area contributed by atoms with E-state index in [1.54, 1.807) is 13.0 Å². The zero-order valence-corrected chi connectivity index (χ0v) is 12.0. The number of rotatable bonds is 5. The van der Waals surface area contributed by atoms with Gasteiger partial charge in [0.05, 0.1) is 6.04 Å². The molecule has 0 saturated heterocycles. The fourth-order valence-corrected chi connectivity index (χ4v) is 1.86. The number of carbonyl (C=O) groups excluding carboxylic acids is 1. The highest BCUT2D eigenvalue weighted by atomic mass is 16.5. The molecule has 106 valence electrons. The summed E-state index contributed by atoms with van der Waals surface area (Å²) in [6.45, 7) is 4.37. The maximum Gasteiger partial charge on any atom is 0.242 e. The number of amides is 1. The molecule has 1 aromatic carbocycles. The molecule has 1 N–H and O–H groups in total. The van der Waals surface area contributed by atoms with Gasteiger partial charge in [0.2, 0.25) is 5.91 Å². The van der Waals surface area contributed by atoms with Gasteiger partial charge in [-0.1, -0.05) is 35.5 Å². The number of hydrogen-bond donors (Lipinski definition) is 1. The Labute approximate surface area is 118 Å². The van der Waals surface area contributed by atoms with E-state index in [0.29, 0.717) is 18.1 Å². The van der Waals surface area contributed by atoms with E-state index >= 15 is 0 Å². The topological polar surface area (TPSA) is 58.4 Å². The number of likely N-dealkylation sites (N-methyl/N-ethyl adjacent to an activating group) is 1. The Morgan fingerprint density at radius 1 is 1.40 bits per heavy atom. The van der Waals surface area contributed by atoms with Gasteiger partial charge in [-0.2, -0.15) is 0 Å². The zero-order chi connectivity index (χ0) is 14.5. The van der Waals surface area contributed by atoms with Crippen LogP contribution in [0.25, 0.3) is 0 Å². The molecule has 1 heterocycles. The average molecular weight is 273 g/mol. The van der Waals surface area contributed by atoms with Gasteiger partial charge in [0.25, 0.3) is 0 Å². The van der Waals surface area contributed by atoms with Crippen molar-refractivity contribution in [2.24, 2.45) is 0 Å². The molecule has 0 aliphatic rings. The van der Waals surface area contributed by atoms with E-state index in [0.717, 1.165) is 0 Å². The van der Waals surface area contributed by atoms with Crippen molar-refractivity contribution in [3.63, 3.8) is 0 Å². The summed E-state index contributed by atoms with van der Waals surface area (Å²) < 4.78 is 4.92. The quantitative estimate of drug-likeness (QED) is 0.909. The molecule has 5 nitrogen and oxygen atoms in total. The van der Waals surface area contributed by atoms with E-state index in [2.05, 4.69) is 10.5 Å². The molecule has 2 rings (SSSR count). The van der Waals surface area contributed by atoms with Gasteiger partial charge in [-0.15, -0.1) is 0 Å². The third-order valence-electron chi connectivity index (χ3n) is 3.19. The fraction of sp³-hybridized carbons (Fsp3) is 0.333. The monoisotopic (exact) mass is 273 g/mol. The normalized spacial score (nSPS) is 12.4. The third-order valence-corrected chi connectivity index (χ3v) is 3.19. The van der Waals surface area contributed by atoms with Crippen LogP contribution in [0.1, 0.15) is 18.2 Å². The minimum atomic E-state index is -0.257. The molecule has 1 amide bonds. The summed E-state index contributed by atoms with van der Waals surface area (Å²) in [4.78, 5) is 14.1. The molecule has 1 atom stereocenters. The van der Waals surface area contributed by atoms with Gasteiger partial charge in [-0.3, -0.25) is 9.69 Å². The zero-order valence-electron chi connectivity index (χ0n) is 12.0. The number of aromatic nitrogens is 1. The Morgan fingerprint density at radius 2 is 2.10 bits per heavy atom. The van der Waals surface area contributed by atoms with Crippen molar-refractivity contribution in [3.05, 3.63) is 47.7 Å². The van der Waals surface area contributed by atoms with Gasteiger partial charge >= 0.3 is 0 Å². The summed E-state index contributed by atoms with van der Waals surface area (Å²) in [5, 5.41) is 6.50. The lowest BCUT2D eigenvalue weighted by Gasteiger charge is -2.23. The van der Waals surface area contributed by atoms with Crippen LogP contribution in [0.2, 0.25) is 0 Å². The van der Waals surface area contributed by atoms with Crippen LogP contribution in [0.15, 0.2) is 40.9 Å². The van der Waals surface area contributed by atoms with Crippen LogP contribution in [-0.2, 0) is 11.3 Å². The molecule has 0 spiro atoms. The van der Waals surface area contributed by atoms with Crippen LogP contribution in [0.5, 0.6) is 0 Å². The van der Waals surface area contributed by atoms with Crippen molar-refractivity contribution < 1.29 is 9.32 Å². The molecule has 2 aromatic rings. The maximum atomic E-state index is 12.1. The number of anilines is 1. The minimum absolute atomic E-state index is 0.100. The lowest BCUT2D eigenvalue weighted by molar-refractivity contribution is -0.120. The number of nitrogens with zero attached hydrogens (tertiary/aromatic N) is 2. The van der Waals surface area contributed by atoms with Crippen molar-refractivity contribution in [1.29, 1.82) is 0 Å². The predicted molar refractivity (Wildman–Crippen MR) is 77.2 cm³/mol. The van der Waals surface area contributed by atoms with Gasteiger partial charge in [-0.25, -0.2) is 0 Å². The lowest BCUT2D eigenvalue weighted by atomic mass is 10.2. The third kappa shape index (κ3) is 3.68. The van der Waals surface area contributed by atoms with Crippen molar-refractivity contribution in [2.75, 3.05) is 12.4 Å². The Kier molecular flexibility index (Phi) is 4.53. The second-order valence-corrected chi connectivity index (χ2v) is 4.89. The summed E-state index contributed by atoms with van der Waals surface area (Å²) in [5.41, 5.74) is 1.17. The first-order valence-electron chi connectivity index (χ1n) is 6.54. The summed E-state index contributed by atoms with van der Waals surface area (Å²) in [6.07, 6.45) is 0. The predicted octanol–water partition coefficient (Wildman–Crippen LogP) is 2.44. The first-order valence-corrected chi connectivity index (χ1v) is 6.54. The largest absolute Gasteiger partial charge is 0.360 e. The molecule has 0 bridgehead atoms. The van der Waals surface area contributed by atoms with E-state index in [9.17, 15) is 4.79 Å². The number of aryl methyl sites for hydroxylation is 1. The molecule has 0 fully saturated rings. The smallest absolute Gasteiger partial charge is 0.242 e. The van der Waals surface area contributed by atoms with Gasteiger partial charge < -0.3 is 9.84 Å². The van der Waals surface area contributed by atoms with E-state index < -0.39 is 0 Å². The molecule has 20 heavy (non-hydrogen) atoms. The Hall–Kier alpha value is -2.14. The molecule has 0 radical (unpaired) electrons. The van der Waals surface area contributed by atoms with E-state index in [4.69, 9.17) is 4.52 Å². The average Bonchev–Trinajstić information content (AvgIpc) is 2.84. The highest BCUT2D eigenvalue weighted by Gasteiger charge is 2.19. The van der Waals surface area contributed by atoms with Crippen LogP contribution >= 0.6 is 0 Å². The minimum Gasteiger partial charge on any atom is -0.360 e. The van der Waals surface area contributed by atoms with Crippen LogP contribution in [0.4, 0.5) is 5.82 Å². The van der Waals surface area contributed by atoms with E-state index in [1.807, 2.05) is 49.2 Å². The number of hydrogen-bond acceptors (Lipinski definition) is 4. The van der Waals surface area contributed by atoms with Crippen molar-refractivity contribution in [3.8, 4) is 0 Å². The van der Waals surface area contributed by atoms with Gasteiger partial charge in [0.1, 0.15) is 5.76 Å². The molecule has 0 saturated carbocycles. The molecule has 1 aromatic heterocycles. The number of benzene rings is 1. The second-order valence-electron chi connectivity index (χ2n) is 4.89. The van der Waals surface area contributed by atoms with Gasteiger partial charge in [0.15, 0.2) is 5.82 Å². The van der Waals surface area contributed by atoms with E-state index in [-0.39, 0.29) is 11.9 Å². The Bertz CT molecular complexity index is 566. The Balaban J connectivity index is 1.92. The molecule has 0 aliphatic carbocycles. The number of carbonyl (C=O) groups is 1. The summed E-state index contributed by atoms with van der Waals surface area (Å²) in [6, 6.07) is 11.5. The first-order chi connectivity index (χ1) is 9.56. The van der Waals surface area contributed by atoms with Gasteiger partial charge in [-0.05, 0) is 26.5 Å². The van der Waals surface area contributed by atoms with Crippen molar-refractivity contribution in [2.45, 2.75) is 26.4 Å². The molecular weight excluding hydrogens is 254 g/mol. The highest BCUT2D eigenvalue weighted by Crippen LogP contribution is 2.10. The summed E-state index contributed by atoms with van der Waals surface area (Å²) in [5.74, 6) is 1.02. The highest BCUT2D eigenvalue weighted by molar-refractivity contribution is 5.93. The second kappa shape index (κ2) is 6.34. The summed E-state index contributed by atoms with van der Waals surface area (Å²) in [7, 11) is 1.92. The first kappa shape index (κ1) is 14.3. The SMILES string of the molecule is Cc1cc(NC(=O)C(C)N(C)Cc2ccccc2)no1. The molecule has 5 heteroatoms. The van der Waals surface area contributed by atoms with Gasteiger partial charge in [0, 0.05) is 12.6 Å². The molecule has 1 unspecified atom stereocenters. The standard InChI is InChI=1S/C15H19N3O2/c1-11-9-14(17-20-11)16-15(19)12(2)18(3)10-13-7-5-4-6-8-13/h4-9,12H,10H2,1-3H3,(H,16,17,19). The molecular formula is C15H19N3O2. The fourth-order valence-electron chi connectivity index (χ4n) is 1.86.